The topological polar surface area (TPSA) is 136 Å². The van der Waals surface area contributed by atoms with Gasteiger partial charge in [-0.3, -0.25) is 10.1 Å². The Bertz CT molecular complexity index is 1240. The van der Waals surface area contributed by atoms with E-state index in [1.54, 1.807) is 49.4 Å². The molecule has 0 fully saturated rings. The molecule has 1 heterocycles. The van der Waals surface area contributed by atoms with E-state index in [0.717, 1.165) is 0 Å². The Labute approximate surface area is 197 Å². The SMILES string of the molecule is COCCOC(=O)Nc1cccc(NC(=O)c2cc(S(=O)(=O)NCc3ccco3)ccc2C)c1. The molecule has 34 heavy (non-hydrogen) atoms. The number of furan rings is 1. The fourth-order valence-corrected chi connectivity index (χ4v) is 3.94. The Kier molecular flexibility index (Phi) is 8.41. The zero-order valence-electron chi connectivity index (χ0n) is 18.7. The monoisotopic (exact) mass is 487 g/mol. The second-order valence-electron chi connectivity index (χ2n) is 7.17. The number of carbonyl (C=O) groups is 2. The number of sulfonamides is 1. The van der Waals surface area contributed by atoms with Gasteiger partial charge in [0, 0.05) is 24.0 Å². The Hall–Kier alpha value is -3.67. The maximum absolute atomic E-state index is 12.9. The van der Waals surface area contributed by atoms with Crippen molar-refractivity contribution in [1.82, 2.24) is 4.72 Å². The number of nitrogens with one attached hydrogen (secondary N) is 3. The minimum atomic E-state index is -3.87. The highest BCUT2D eigenvalue weighted by atomic mass is 32.2. The van der Waals surface area contributed by atoms with Crippen LogP contribution in [-0.2, 0) is 26.0 Å². The largest absolute Gasteiger partial charge is 0.468 e. The molecule has 3 rings (SSSR count). The lowest BCUT2D eigenvalue weighted by Gasteiger charge is -2.12. The zero-order valence-corrected chi connectivity index (χ0v) is 19.5. The third-order valence-corrected chi connectivity index (χ3v) is 6.07. The van der Waals surface area contributed by atoms with Gasteiger partial charge >= 0.3 is 6.09 Å². The van der Waals surface area contributed by atoms with Crippen molar-refractivity contribution < 1.29 is 31.9 Å². The van der Waals surface area contributed by atoms with Crippen LogP contribution in [0.2, 0.25) is 0 Å². The van der Waals surface area contributed by atoms with Crippen LogP contribution in [0.25, 0.3) is 0 Å². The Morgan fingerprint density at radius 2 is 1.74 bits per heavy atom. The number of aryl methyl sites for hydroxylation is 1. The number of hydrogen-bond acceptors (Lipinski definition) is 7. The number of amides is 2. The van der Waals surface area contributed by atoms with Gasteiger partial charge in [0.2, 0.25) is 10.0 Å². The van der Waals surface area contributed by atoms with Gasteiger partial charge < -0.3 is 19.2 Å². The van der Waals surface area contributed by atoms with Gasteiger partial charge in [0.1, 0.15) is 12.4 Å². The summed E-state index contributed by atoms with van der Waals surface area (Å²) < 4.78 is 42.7. The summed E-state index contributed by atoms with van der Waals surface area (Å²) in [6.45, 7) is 2.07. The molecular formula is C23H25N3O7S. The van der Waals surface area contributed by atoms with Crippen LogP contribution in [-0.4, -0.2) is 40.7 Å². The molecule has 0 aliphatic rings. The van der Waals surface area contributed by atoms with E-state index in [0.29, 0.717) is 22.7 Å². The molecule has 0 unspecified atom stereocenters. The van der Waals surface area contributed by atoms with Crippen molar-refractivity contribution in [3.8, 4) is 0 Å². The van der Waals surface area contributed by atoms with E-state index in [9.17, 15) is 18.0 Å². The lowest BCUT2D eigenvalue weighted by Crippen LogP contribution is -2.24. The molecule has 0 radical (unpaired) electrons. The van der Waals surface area contributed by atoms with Crippen LogP contribution in [0.1, 0.15) is 21.7 Å². The van der Waals surface area contributed by atoms with Crippen molar-refractivity contribution in [2.75, 3.05) is 31.0 Å². The van der Waals surface area contributed by atoms with E-state index in [2.05, 4.69) is 15.4 Å². The number of methoxy groups -OCH3 is 1. The quantitative estimate of drug-likeness (QED) is 0.372. The second-order valence-corrected chi connectivity index (χ2v) is 8.94. The minimum Gasteiger partial charge on any atom is -0.468 e. The summed E-state index contributed by atoms with van der Waals surface area (Å²) in [6.07, 6.45) is 0.795. The molecule has 0 atom stereocenters. The molecule has 2 amide bonds. The van der Waals surface area contributed by atoms with Crippen LogP contribution >= 0.6 is 0 Å². The third-order valence-electron chi connectivity index (χ3n) is 4.67. The van der Waals surface area contributed by atoms with Crippen LogP contribution in [0.4, 0.5) is 16.2 Å². The summed E-state index contributed by atoms with van der Waals surface area (Å²) in [6, 6.07) is 14.1. The maximum Gasteiger partial charge on any atom is 0.411 e. The van der Waals surface area contributed by atoms with Gasteiger partial charge in [0.15, 0.2) is 0 Å². The number of rotatable bonds is 10. The Morgan fingerprint density at radius 1 is 0.971 bits per heavy atom. The molecule has 3 aromatic rings. The average Bonchev–Trinajstić information content (AvgIpc) is 3.32. The smallest absolute Gasteiger partial charge is 0.411 e. The first-order valence-electron chi connectivity index (χ1n) is 10.3. The highest BCUT2D eigenvalue weighted by Crippen LogP contribution is 2.20. The first-order valence-corrected chi connectivity index (χ1v) is 11.7. The van der Waals surface area contributed by atoms with Crippen molar-refractivity contribution in [3.63, 3.8) is 0 Å². The van der Waals surface area contributed by atoms with Gasteiger partial charge in [-0.25, -0.2) is 17.9 Å². The van der Waals surface area contributed by atoms with Crippen molar-refractivity contribution >= 4 is 33.4 Å². The van der Waals surface area contributed by atoms with E-state index in [4.69, 9.17) is 13.9 Å². The van der Waals surface area contributed by atoms with Crippen LogP contribution in [0.15, 0.2) is 70.2 Å². The van der Waals surface area contributed by atoms with E-state index < -0.39 is 22.0 Å². The molecule has 0 saturated heterocycles. The van der Waals surface area contributed by atoms with Gasteiger partial charge in [-0.2, -0.15) is 0 Å². The number of carbonyl (C=O) groups excluding carboxylic acids is 2. The first-order chi connectivity index (χ1) is 16.3. The van der Waals surface area contributed by atoms with E-state index >= 15 is 0 Å². The maximum atomic E-state index is 12.9. The average molecular weight is 488 g/mol. The lowest BCUT2D eigenvalue weighted by atomic mass is 10.1. The molecule has 0 aliphatic heterocycles. The molecule has 180 valence electrons. The molecule has 3 N–H and O–H groups in total. The Morgan fingerprint density at radius 3 is 2.44 bits per heavy atom. The number of benzene rings is 2. The molecule has 2 aromatic carbocycles. The van der Waals surface area contributed by atoms with Crippen LogP contribution in [0, 0.1) is 6.92 Å². The lowest BCUT2D eigenvalue weighted by molar-refractivity contribution is 0.102. The predicted molar refractivity (Wildman–Crippen MR) is 125 cm³/mol. The fraction of sp³-hybridized carbons (Fsp3) is 0.217. The van der Waals surface area contributed by atoms with Crippen LogP contribution in [0.3, 0.4) is 0 Å². The molecule has 0 bridgehead atoms. The van der Waals surface area contributed by atoms with E-state index in [-0.39, 0.29) is 30.2 Å². The van der Waals surface area contributed by atoms with Gasteiger partial charge in [-0.15, -0.1) is 0 Å². The van der Waals surface area contributed by atoms with E-state index in [1.165, 1.54) is 25.5 Å². The van der Waals surface area contributed by atoms with Gasteiger partial charge in [-0.05, 0) is 55.0 Å². The molecule has 0 aliphatic carbocycles. The predicted octanol–water partition coefficient (Wildman–Crippen LogP) is 3.51. The molecule has 0 saturated carbocycles. The summed E-state index contributed by atoms with van der Waals surface area (Å²) >= 11 is 0. The highest BCUT2D eigenvalue weighted by molar-refractivity contribution is 7.89. The standard InChI is InChI=1S/C23H25N3O7S/c1-16-8-9-20(34(29,30)24-15-19-7-4-10-32-19)14-21(16)22(27)25-17-5-3-6-18(13-17)26-23(28)33-12-11-31-2/h3-10,13-14,24H,11-12,15H2,1-2H3,(H,25,27)(H,26,28). The molecule has 0 spiro atoms. The summed E-state index contributed by atoms with van der Waals surface area (Å²) in [5, 5.41) is 5.27. The molecular weight excluding hydrogens is 462 g/mol. The molecule has 10 nitrogen and oxygen atoms in total. The second kappa shape index (κ2) is 11.5. The van der Waals surface area contributed by atoms with Gasteiger partial charge in [0.25, 0.3) is 5.91 Å². The third kappa shape index (κ3) is 6.91. The normalized spacial score (nSPS) is 11.1. The van der Waals surface area contributed by atoms with Crippen LogP contribution < -0.4 is 15.4 Å². The van der Waals surface area contributed by atoms with Crippen LogP contribution in [0.5, 0.6) is 0 Å². The van der Waals surface area contributed by atoms with E-state index in [1.807, 2.05) is 0 Å². The molecule has 11 heteroatoms. The number of hydrogen-bond donors (Lipinski definition) is 3. The van der Waals surface area contributed by atoms with Gasteiger partial charge in [0.05, 0.1) is 24.3 Å². The summed E-state index contributed by atoms with van der Waals surface area (Å²) in [4.78, 5) is 24.6. The fourth-order valence-electron chi connectivity index (χ4n) is 2.92. The number of anilines is 2. The summed E-state index contributed by atoms with van der Waals surface area (Å²) in [5.74, 6) is -0.0369. The first kappa shape index (κ1) is 25.0. The number of ether oxygens (including phenoxy) is 2. The highest BCUT2D eigenvalue weighted by Gasteiger charge is 2.19. The molecule has 1 aromatic heterocycles. The summed E-state index contributed by atoms with van der Waals surface area (Å²) in [7, 11) is -2.37. The van der Waals surface area contributed by atoms with Crippen molar-refractivity contribution in [3.05, 3.63) is 77.7 Å². The summed E-state index contributed by atoms with van der Waals surface area (Å²) in [5.41, 5.74) is 1.61. The minimum absolute atomic E-state index is 0.0154. The van der Waals surface area contributed by atoms with Crippen molar-refractivity contribution in [2.45, 2.75) is 18.4 Å². The van der Waals surface area contributed by atoms with Gasteiger partial charge in [-0.1, -0.05) is 12.1 Å². The van der Waals surface area contributed by atoms with Crippen molar-refractivity contribution in [1.29, 1.82) is 0 Å². The Balaban J connectivity index is 1.69. The zero-order chi connectivity index (χ0) is 24.6. The van der Waals surface area contributed by atoms with Crippen molar-refractivity contribution in [2.24, 2.45) is 0 Å².